The van der Waals surface area contributed by atoms with Crippen LogP contribution >= 0.6 is 0 Å². The minimum absolute atomic E-state index is 0.425. The van der Waals surface area contributed by atoms with Gasteiger partial charge in [0.05, 0.1) is 6.04 Å². The average Bonchev–Trinajstić information content (AvgIpc) is 2.42. The summed E-state index contributed by atoms with van der Waals surface area (Å²) in [7, 11) is 0. The van der Waals surface area contributed by atoms with Crippen molar-refractivity contribution in [3.8, 4) is 0 Å². The van der Waals surface area contributed by atoms with Crippen molar-refractivity contribution in [3.05, 3.63) is 0 Å². The zero-order chi connectivity index (χ0) is 7.14. The zero-order valence-corrected chi connectivity index (χ0v) is 5.73. The molecule has 5 nitrogen and oxygen atoms in total. The first-order valence-corrected chi connectivity index (χ1v) is 3.32. The van der Waals surface area contributed by atoms with Gasteiger partial charge in [0.15, 0.2) is 0 Å². The molecule has 54 valence electrons. The fourth-order valence-corrected chi connectivity index (χ4v) is 1.08. The molecule has 0 bridgehead atoms. The quantitative estimate of drug-likeness (QED) is 0.586. The Morgan fingerprint density at radius 3 is 2.80 bits per heavy atom. The molecule has 0 aromatic carbocycles. The van der Waals surface area contributed by atoms with Gasteiger partial charge >= 0.3 is 0 Å². The second kappa shape index (κ2) is 1.68. The fourth-order valence-electron chi connectivity index (χ4n) is 1.08. The van der Waals surface area contributed by atoms with Crippen molar-refractivity contribution >= 4 is 5.95 Å². The lowest BCUT2D eigenvalue weighted by Gasteiger charge is -1.94. The molecule has 1 saturated carbocycles. The van der Waals surface area contributed by atoms with Gasteiger partial charge in [0, 0.05) is 0 Å². The summed E-state index contributed by atoms with van der Waals surface area (Å²) in [6, 6.07) is 0.454. The van der Waals surface area contributed by atoms with Crippen LogP contribution in [0, 0.1) is 5.92 Å². The Bertz CT molecular complexity index is 242. The van der Waals surface area contributed by atoms with E-state index < -0.39 is 0 Å². The van der Waals surface area contributed by atoms with Crippen LogP contribution in [0.5, 0.6) is 0 Å². The van der Waals surface area contributed by atoms with Crippen molar-refractivity contribution in [1.82, 2.24) is 20.2 Å². The smallest absolute Gasteiger partial charge is 0.240 e. The van der Waals surface area contributed by atoms with Gasteiger partial charge in [0.25, 0.3) is 0 Å². The molecule has 0 saturated heterocycles. The molecule has 2 unspecified atom stereocenters. The third-order valence-corrected chi connectivity index (χ3v) is 1.90. The molecule has 1 fully saturated rings. The van der Waals surface area contributed by atoms with E-state index in [9.17, 15) is 0 Å². The molecule has 0 spiro atoms. The van der Waals surface area contributed by atoms with Gasteiger partial charge in [0.1, 0.15) is 0 Å². The van der Waals surface area contributed by atoms with Crippen LogP contribution in [-0.2, 0) is 0 Å². The number of nitrogens with zero attached hydrogens (tertiary/aromatic N) is 4. The largest absolute Gasteiger partial charge is 0.367 e. The van der Waals surface area contributed by atoms with Gasteiger partial charge in [-0.2, -0.15) is 0 Å². The van der Waals surface area contributed by atoms with Crippen LogP contribution in [0.4, 0.5) is 5.95 Å². The van der Waals surface area contributed by atoms with Gasteiger partial charge in [-0.15, -0.1) is 0 Å². The van der Waals surface area contributed by atoms with E-state index in [-0.39, 0.29) is 0 Å². The number of nitrogen functional groups attached to an aromatic ring is 1. The summed E-state index contributed by atoms with van der Waals surface area (Å²) < 4.78 is 1.69. The van der Waals surface area contributed by atoms with Crippen LogP contribution in [0.2, 0.25) is 0 Å². The SMILES string of the molecule is CC1CC1n1nnnc1N. The van der Waals surface area contributed by atoms with Gasteiger partial charge in [-0.05, 0) is 22.8 Å². The number of aromatic nitrogens is 4. The van der Waals surface area contributed by atoms with Crippen molar-refractivity contribution in [2.24, 2.45) is 5.92 Å². The predicted molar refractivity (Wildman–Crippen MR) is 35.0 cm³/mol. The predicted octanol–water partition coefficient (Wildman–Crippen LogP) is -0.164. The highest BCUT2D eigenvalue weighted by Gasteiger charge is 2.36. The summed E-state index contributed by atoms with van der Waals surface area (Å²) >= 11 is 0. The van der Waals surface area contributed by atoms with E-state index in [4.69, 9.17) is 5.73 Å². The molecule has 1 heterocycles. The highest BCUT2D eigenvalue weighted by atomic mass is 15.6. The van der Waals surface area contributed by atoms with Crippen LogP contribution in [0.3, 0.4) is 0 Å². The van der Waals surface area contributed by atoms with Gasteiger partial charge in [-0.1, -0.05) is 12.0 Å². The number of tetrazole rings is 1. The molecule has 0 amide bonds. The summed E-state index contributed by atoms with van der Waals surface area (Å²) in [5.74, 6) is 1.11. The first kappa shape index (κ1) is 5.64. The Kier molecular flexibility index (Phi) is 0.947. The van der Waals surface area contributed by atoms with Crippen LogP contribution < -0.4 is 5.73 Å². The van der Waals surface area contributed by atoms with E-state index in [2.05, 4.69) is 22.4 Å². The topological polar surface area (TPSA) is 69.6 Å². The van der Waals surface area contributed by atoms with Crippen molar-refractivity contribution < 1.29 is 0 Å². The number of nitrogens with two attached hydrogens (primary N) is 1. The zero-order valence-electron chi connectivity index (χ0n) is 5.73. The standard InChI is InChI=1S/C5H9N5/c1-3-2-4(3)10-5(6)7-8-9-10/h3-4H,2H2,1H3,(H2,6,7,9). The molecule has 10 heavy (non-hydrogen) atoms. The maximum atomic E-state index is 5.47. The first-order valence-electron chi connectivity index (χ1n) is 3.32. The second-order valence-corrected chi connectivity index (χ2v) is 2.76. The van der Waals surface area contributed by atoms with Gasteiger partial charge in [-0.25, -0.2) is 4.68 Å². The van der Waals surface area contributed by atoms with Crippen molar-refractivity contribution in [2.45, 2.75) is 19.4 Å². The summed E-state index contributed by atoms with van der Waals surface area (Å²) in [6.45, 7) is 2.16. The minimum Gasteiger partial charge on any atom is -0.367 e. The summed E-state index contributed by atoms with van der Waals surface area (Å²) in [5, 5.41) is 10.8. The fraction of sp³-hybridized carbons (Fsp3) is 0.800. The molecule has 5 heteroatoms. The average molecular weight is 139 g/mol. The molecule has 2 atom stereocenters. The van der Waals surface area contributed by atoms with E-state index in [1.807, 2.05) is 0 Å². The number of hydrogen-bond acceptors (Lipinski definition) is 4. The van der Waals surface area contributed by atoms with E-state index in [1.165, 1.54) is 0 Å². The maximum absolute atomic E-state index is 5.47. The van der Waals surface area contributed by atoms with Crippen LogP contribution in [0.25, 0.3) is 0 Å². The molecule has 2 N–H and O–H groups in total. The Labute approximate surface area is 58.2 Å². The molecule has 1 aliphatic rings. The molecule has 0 aliphatic heterocycles. The Morgan fingerprint density at radius 1 is 1.70 bits per heavy atom. The lowest BCUT2D eigenvalue weighted by atomic mass is 10.5. The normalized spacial score (nSPS) is 30.5. The first-order chi connectivity index (χ1) is 4.79. The van der Waals surface area contributed by atoms with Crippen molar-refractivity contribution in [2.75, 3.05) is 5.73 Å². The third-order valence-electron chi connectivity index (χ3n) is 1.90. The number of anilines is 1. The summed E-state index contributed by atoms with van der Waals surface area (Å²) in [6.07, 6.45) is 1.15. The van der Waals surface area contributed by atoms with Gasteiger partial charge in [-0.3, -0.25) is 0 Å². The lowest BCUT2D eigenvalue weighted by Crippen LogP contribution is -2.03. The van der Waals surface area contributed by atoms with Crippen LogP contribution in [-0.4, -0.2) is 20.2 Å². The van der Waals surface area contributed by atoms with Gasteiger partial charge in [0.2, 0.25) is 5.95 Å². The molecule has 1 aromatic rings. The van der Waals surface area contributed by atoms with Crippen LogP contribution in [0.1, 0.15) is 19.4 Å². The highest BCUT2D eigenvalue weighted by Crippen LogP contribution is 2.42. The third kappa shape index (κ3) is 0.665. The highest BCUT2D eigenvalue weighted by molar-refractivity contribution is 5.14. The number of hydrogen-bond donors (Lipinski definition) is 1. The molecule has 1 aromatic heterocycles. The van der Waals surface area contributed by atoms with Crippen LogP contribution in [0.15, 0.2) is 0 Å². The summed E-state index contributed by atoms with van der Waals surface area (Å²) in [5.41, 5.74) is 5.47. The Balaban J connectivity index is 2.26. The monoisotopic (exact) mass is 139 g/mol. The minimum atomic E-state index is 0.425. The Hall–Kier alpha value is -1.13. The lowest BCUT2D eigenvalue weighted by molar-refractivity contribution is 0.586. The molecule has 1 aliphatic carbocycles. The Morgan fingerprint density at radius 2 is 2.40 bits per heavy atom. The molecule has 2 rings (SSSR count). The molecular formula is C5H9N5. The maximum Gasteiger partial charge on any atom is 0.240 e. The summed E-state index contributed by atoms with van der Waals surface area (Å²) in [4.78, 5) is 0. The van der Waals surface area contributed by atoms with E-state index in [0.29, 0.717) is 17.9 Å². The van der Waals surface area contributed by atoms with E-state index in [1.54, 1.807) is 4.68 Å². The van der Waals surface area contributed by atoms with E-state index in [0.717, 1.165) is 6.42 Å². The molecular weight excluding hydrogens is 130 g/mol. The second-order valence-electron chi connectivity index (χ2n) is 2.76. The molecule has 0 radical (unpaired) electrons. The van der Waals surface area contributed by atoms with Gasteiger partial charge < -0.3 is 5.73 Å². The van der Waals surface area contributed by atoms with E-state index >= 15 is 0 Å². The number of rotatable bonds is 1. The van der Waals surface area contributed by atoms with Crippen molar-refractivity contribution in [1.29, 1.82) is 0 Å². The van der Waals surface area contributed by atoms with Crippen molar-refractivity contribution in [3.63, 3.8) is 0 Å².